The Morgan fingerprint density at radius 3 is 2.52 bits per heavy atom. The molecule has 0 atom stereocenters. The summed E-state index contributed by atoms with van der Waals surface area (Å²) in [5.41, 5.74) is 2.32. The molecule has 1 aromatic carbocycles. The summed E-state index contributed by atoms with van der Waals surface area (Å²) in [6.45, 7) is 4.53. The van der Waals surface area contributed by atoms with Gasteiger partial charge in [-0.25, -0.2) is 0 Å². The molecule has 5 heteroatoms. The van der Waals surface area contributed by atoms with Crippen molar-refractivity contribution in [2.24, 2.45) is 0 Å². The monoisotopic (exact) mass is 293 g/mol. The van der Waals surface area contributed by atoms with Crippen LogP contribution in [0.3, 0.4) is 0 Å². The highest BCUT2D eigenvalue weighted by molar-refractivity contribution is 5.77. The zero-order valence-corrected chi connectivity index (χ0v) is 13.1. The molecule has 116 valence electrons. The molecule has 0 fully saturated rings. The first-order chi connectivity index (χ1) is 9.93. The Hall–Kier alpha value is -2.04. The second-order valence-corrected chi connectivity index (χ2v) is 5.03. The van der Waals surface area contributed by atoms with Gasteiger partial charge in [0.15, 0.2) is 6.61 Å². The number of amides is 1. The SMILES string of the molecule is COC(=O)CCCN(C)C(=O)COc1ccc(C)c(C)c1. The Morgan fingerprint density at radius 1 is 1.19 bits per heavy atom. The lowest BCUT2D eigenvalue weighted by Gasteiger charge is -2.17. The van der Waals surface area contributed by atoms with Gasteiger partial charge in [-0.15, -0.1) is 0 Å². The maximum Gasteiger partial charge on any atom is 0.305 e. The summed E-state index contributed by atoms with van der Waals surface area (Å²) in [7, 11) is 3.05. The minimum absolute atomic E-state index is 0.00275. The molecule has 1 aromatic rings. The quantitative estimate of drug-likeness (QED) is 0.722. The fourth-order valence-corrected chi connectivity index (χ4v) is 1.75. The molecule has 0 spiro atoms. The summed E-state index contributed by atoms with van der Waals surface area (Å²) in [5, 5.41) is 0. The molecule has 0 aliphatic carbocycles. The highest BCUT2D eigenvalue weighted by Crippen LogP contribution is 2.16. The van der Waals surface area contributed by atoms with Gasteiger partial charge in [-0.1, -0.05) is 6.07 Å². The molecule has 0 aliphatic rings. The van der Waals surface area contributed by atoms with Gasteiger partial charge in [-0.05, 0) is 43.5 Å². The molecule has 21 heavy (non-hydrogen) atoms. The summed E-state index contributed by atoms with van der Waals surface area (Å²) in [5.74, 6) is 0.315. The average molecular weight is 293 g/mol. The van der Waals surface area contributed by atoms with E-state index in [1.165, 1.54) is 12.7 Å². The lowest BCUT2D eigenvalue weighted by molar-refractivity contribution is -0.141. The van der Waals surface area contributed by atoms with Crippen LogP contribution >= 0.6 is 0 Å². The fourth-order valence-electron chi connectivity index (χ4n) is 1.75. The fraction of sp³-hybridized carbons (Fsp3) is 0.500. The minimum Gasteiger partial charge on any atom is -0.484 e. The summed E-state index contributed by atoms with van der Waals surface area (Å²) in [6, 6.07) is 5.74. The van der Waals surface area contributed by atoms with Crippen molar-refractivity contribution in [3.8, 4) is 5.75 Å². The van der Waals surface area contributed by atoms with Crippen LogP contribution in [-0.4, -0.2) is 44.1 Å². The number of aryl methyl sites for hydroxylation is 2. The number of ether oxygens (including phenoxy) is 2. The van der Waals surface area contributed by atoms with Crippen molar-refractivity contribution in [1.82, 2.24) is 4.90 Å². The summed E-state index contributed by atoms with van der Waals surface area (Å²) >= 11 is 0. The van der Waals surface area contributed by atoms with Crippen LogP contribution in [0.5, 0.6) is 5.75 Å². The first-order valence-corrected chi connectivity index (χ1v) is 6.95. The third-order valence-corrected chi connectivity index (χ3v) is 3.37. The Bertz CT molecular complexity index is 499. The number of benzene rings is 1. The van der Waals surface area contributed by atoms with Gasteiger partial charge in [-0.2, -0.15) is 0 Å². The van der Waals surface area contributed by atoms with Crippen LogP contribution < -0.4 is 4.74 Å². The Kier molecular flexibility index (Phi) is 6.72. The normalized spacial score (nSPS) is 10.1. The molecule has 0 aliphatic heterocycles. The molecule has 0 N–H and O–H groups in total. The van der Waals surface area contributed by atoms with Gasteiger partial charge in [0.05, 0.1) is 7.11 Å². The molecule has 1 amide bonds. The number of carbonyl (C=O) groups is 2. The number of methoxy groups -OCH3 is 1. The van der Waals surface area contributed by atoms with Crippen LogP contribution in [0.25, 0.3) is 0 Å². The van der Waals surface area contributed by atoms with E-state index in [4.69, 9.17) is 4.74 Å². The second-order valence-electron chi connectivity index (χ2n) is 5.03. The van der Waals surface area contributed by atoms with E-state index in [-0.39, 0.29) is 18.5 Å². The van der Waals surface area contributed by atoms with Crippen LogP contribution in [0.15, 0.2) is 18.2 Å². The van der Waals surface area contributed by atoms with Crippen molar-refractivity contribution in [2.45, 2.75) is 26.7 Å². The van der Waals surface area contributed by atoms with Crippen LogP contribution in [0.2, 0.25) is 0 Å². The van der Waals surface area contributed by atoms with Crippen molar-refractivity contribution in [3.05, 3.63) is 29.3 Å². The molecule has 1 rings (SSSR count). The highest BCUT2D eigenvalue weighted by atomic mass is 16.5. The molecule has 0 bridgehead atoms. The molecular weight excluding hydrogens is 270 g/mol. The van der Waals surface area contributed by atoms with Crippen molar-refractivity contribution in [2.75, 3.05) is 27.3 Å². The van der Waals surface area contributed by atoms with Gasteiger partial charge < -0.3 is 14.4 Å². The van der Waals surface area contributed by atoms with E-state index in [2.05, 4.69) is 4.74 Å². The topological polar surface area (TPSA) is 55.8 Å². The van der Waals surface area contributed by atoms with Gasteiger partial charge in [-0.3, -0.25) is 9.59 Å². The van der Waals surface area contributed by atoms with E-state index in [1.54, 1.807) is 11.9 Å². The van der Waals surface area contributed by atoms with Gasteiger partial charge in [0, 0.05) is 20.0 Å². The van der Waals surface area contributed by atoms with E-state index in [9.17, 15) is 9.59 Å². The van der Waals surface area contributed by atoms with Crippen LogP contribution in [-0.2, 0) is 14.3 Å². The van der Waals surface area contributed by atoms with Crippen molar-refractivity contribution in [3.63, 3.8) is 0 Å². The van der Waals surface area contributed by atoms with Gasteiger partial charge in [0.2, 0.25) is 0 Å². The summed E-state index contributed by atoms with van der Waals surface area (Å²) in [6.07, 6.45) is 0.894. The maximum atomic E-state index is 11.9. The first kappa shape index (κ1) is 17.0. The zero-order chi connectivity index (χ0) is 15.8. The van der Waals surface area contributed by atoms with Gasteiger partial charge in [0.1, 0.15) is 5.75 Å². The molecule has 0 saturated carbocycles. The number of hydrogen-bond acceptors (Lipinski definition) is 4. The molecule has 0 heterocycles. The van der Waals surface area contributed by atoms with Crippen LogP contribution in [0.1, 0.15) is 24.0 Å². The maximum absolute atomic E-state index is 11.9. The Morgan fingerprint density at radius 2 is 1.90 bits per heavy atom. The first-order valence-electron chi connectivity index (χ1n) is 6.95. The number of nitrogens with zero attached hydrogens (tertiary/aromatic N) is 1. The molecule has 0 aromatic heterocycles. The largest absolute Gasteiger partial charge is 0.484 e. The third-order valence-electron chi connectivity index (χ3n) is 3.37. The van der Waals surface area contributed by atoms with Gasteiger partial charge in [0.25, 0.3) is 5.91 Å². The van der Waals surface area contributed by atoms with E-state index in [0.29, 0.717) is 25.1 Å². The lowest BCUT2D eigenvalue weighted by Crippen LogP contribution is -2.32. The van der Waals surface area contributed by atoms with Gasteiger partial charge >= 0.3 is 5.97 Å². The molecule has 0 radical (unpaired) electrons. The predicted molar refractivity (Wildman–Crippen MR) is 80.3 cm³/mol. The van der Waals surface area contributed by atoms with E-state index in [0.717, 1.165) is 5.56 Å². The second kappa shape index (κ2) is 8.29. The smallest absolute Gasteiger partial charge is 0.305 e. The predicted octanol–water partition coefficient (Wildman–Crippen LogP) is 2.09. The van der Waals surface area contributed by atoms with Crippen molar-refractivity contribution >= 4 is 11.9 Å². The highest BCUT2D eigenvalue weighted by Gasteiger charge is 2.10. The van der Waals surface area contributed by atoms with Crippen LogP contribution in [0.4, 0.5) is 0 Å². The lowest BCUT2D eigenvalue weighted by atomic mass is 10.1. The van der Waals surface area contributed by atoms with Crippen LogP contribution in [0, 0.1) is 13.8 Å². The third kappa shape index (κ3) is 5.85. The number of likely N-dealkylation sites (N-methyl/N-ethyl adjacent to an activating group) is 1. The van der Waals surface area contributed by atoms with E-state index >= 15 is 0 Å². The van der Waals surface area contributed by atoms with Crippen molar-refractivity contribution < 1.29 is 19.1 Å². The van der Waals surface area contributed by atoms with E-state index < -0.39 is 0 Å². The molecule has 0 saturated heterocycles. The molecule has 0 unspecified atom stereocenters. The van der Waals surface area contributed by atoms with Crippen molar-refractivity contribution in [1.29, 1.82) is 0 Å². The minimum atomic E-state index is -0.262. The number of esters is 1. The zero-order valence-electron chi connectivity index (χ0n) is 13.1. The average Bonchev–Trinajstić information content (AvgIpc) is 2.47. The summed E-state index contributed by atoms with van der Waals surface area (Å²) < 4.78 is 10.0. The number of carbonyl (C=O) groups excluding carboxylic acids is 2. The Balaban J connectivity index is 2.35. The number of rotatable bonds is 7. The Labute approximate surface area is 125 Å². The molecule has 5 nitrogen and oxygen atoms in total. The summed E-state index contributed by atoms with van der Waals surface area (Å²) in [4.78, 5) is 24.4. The molecular formula is C16H23NO4. The number of hydrogen-bond donors (Lipinski definition) is 0. The van der Waals surface area contributed by atoms with E-state index in [1.807, 2.05) is 32.0 Å². The standard InChI is InChI=1S/C16H23NO4/c1-12-7-8-14(10-13(12)2)21-11-15(18)17(3)9-5-6-16(19)20-4/h7-8,10H,5-6,9,11H2,1-4H3.